The number of rotatable bonds is 3. The number of benzene rings is 2. The molecule has 4 heterocycles. The highest BCUT2D eigenvalue weighted by Crippen LogP contribution is 2.38. The first-order valence-electron chi connectivity index (χ1n) is 10.4. The summed E-state index contributed by atoms with van der Waals surface area (Å²) in [5, 5.41) is 1.35. The molecular formula is C25H23N3O. The van der Waals surface area contributed by atoms with E-state index in [4.69, 9.17) is 9.72 Å². The first-order valence-corrected chi connectivity index (χ1v) is 10.4. The van der Waals surface area contributed by atoms with Crippen LogP contribution in [0.5, 0.6) is 5.75 Å². The molecule has 0 bridgehead atoms. The first kappa shape index (κ1) is 16.8. The zero-order valence-electron chi connectivity index (χ0n) is 16.3. The van der Waals surface area contributed by atoms with E-state index in [1.54, 1.807) is 0 Å². The Morgan fingerprint density at radius 3 is 2.90 bits per heavy atom. The molecule has 0 saturated carbocycles. The Bertz CT molecular complexity index is 1180. The molecule has 4 aromatic rings. The van der Waals surface area contributed by atoms with Crippen molar-refractivity contribution in [1.29, 1.82) is 0 Å². The van der Waals surface area contributed by atoms with Crippen LogP contribution in [0, 0.1) is 0 Å². The quantitative estimate of drug-likeness (QED) is 0.562. The van der Waals surface area contributed by atoms with Gasteiger partial charge in [-0.15, -0.1) is 0 Å². The molecule has 2 aliphatic rings. The minimum atomic E-state index is 0.136. The summed E-state index contributed by atoms with van der Waals surface area (Å²) in [6.07, 6.45) is 3.97. The van der Waals surface area contributed by atoms with Crippen molar-refractivity contribution in [3.63, 3.8) is 0 Å². The Morgan fingerprint density at radius 2 is 1.97 bits per heavy atom. The number of hydrogen-bond donors (Lipinski definition) is 1. The second-order valence-corrected chi connectivity index (χ2v) is 7.98. The van der Waals surface area contributed by atoms with Crippen molar-refractivity contribution in [3.05, 3.63) is 94.9 Å². The molecule has 0 amide bonds. The molecule has 4 nitrogen and oxygen atoms in total. The average molecular weight is 381 g/mol. The fourth-order valence-electron chi connectivity index (χ4n) is 4.91. The van der Waals surface area contributed by atoms with Crippen LogP contribution in [-0.4, -0.2) is 28.0 Å². The summed E-state index contributed by atoms with van der Waals surface area (Å²) in [5.41, 5.74) is 7.73. The second-order valence-electron chi connectivity index (χ2n) is 7.98. The van der Waals surface area contributed by atoms with Gasteiger partial charge in [0.05, 0.1) is 18.3 Å². The summed E-state index contributed by atoms with van der Waals surface area (Å²) >= 11 is 0. The Balaban J connectivity index is 1.43. The van der Waals surface area contributed by atoms with Gasteiger partial charge in [0.25, 0.3) is 0 Å². The number of nitrogens with one attached hydrogen (secondary N) is 1. The maximum absolute atomic E-state index is 5.69. The van der Waals surface area contributed by atoms with E-state index in [9.17, 15) is 0 Å². The van der Waals surface area contributed by atoms with E-state index >= 15 is 0 Å². The van der Waals surface area contributed by atoms with Crippen molar-refractivity contribution in [2.45, 2.75) is 25.4 Å². The third kappa shape index (κ3) is 2.83. The molecule has 144 valence electrons. The van der Waals surface area contributed by atoms with Crippen LogP contribution in [-0.2, 0) is 19.4 Å². The van der Waals surface area contributed by atoms with E-state index in [-0.39, 0.29) is 6.04 Å². The third-order valence-corrected chi connectivity index (χ3v) is 6.24. The molecule has 0 saturated heterocycles. The smallest absolute Gasteiger partial charge is 0.122 e. The highest BCUT2D eigenvalue weighted by Gasteiger charge is 2.32. The molecule has 6 rings (SSSR count). The van der Waals surface area contributed by atoms with E-state index in [1.165, 1.54) is 33.3 Å². The molecule has 0 fully saturated rings. The van der Waals surface area contributed by atoms with Gasteiger partial charge in [-0.3, -0.25) is 9.88 Å². The highest BCUT2D eigenvalue weighted by molar-refractivity contribution is 5.85. The van der Waals surface area contributed by atoms with Gasteiger partial charge in [-0.25, -0.2) is 0 Å². The SMILES string of the molecule is c1ccc(C2c3[nH]c4ccccc4c3CCN2Cc2ccc3c(c2)CCO3)nc1. The summed E-state index contributed by atoms with van der Waals surface area (Å²) in [5.74, 6) is 1.05. The minimum absolute atomic E-state index is 0.136. The van der Waals surface area contributed by atoms with Crippen LogP contribution in [0.15, 0.2) is 66.9 Å². The van der Waals surface area contributed by atoms with Crippen molar-refractivity contribution in [2.24, 2.45) is 0 Å². The Kier molecular flexibility index (Phi) is 3.91. The number of nitrogens with zero attached hydrogens (tertiary/aromatic N) is 2. The molecule has 4 heteroatoms. The lowest BCUT2D eigenvalue weighted by molar-refractivity contribution is 0.198. The summed E-state index contributed by atoms with van der Waals surface area (Å²) in [6, 6.07) is 21.7. The number of fused-ring (bicyclic) bond motifs is 4. The number of pyridine rings is 1. The third-order valence-electron chi connectivity index (χ3n) is 6.24. The Labute approximate surface area is 170 Å². The van der Waals surface area contributed by atoms with Gasteiger partial charge in [-0.1, -0.05) is 36.4 Å². The van der Waals surface area contributed by atoms with Gasteiger partial charge in [-0.05, 0) is 47.4 Å². The van der Waals surface area contributed by atoms with Gasteiger partial charge in [0.1, 0.15) is 5.75 Å². The Hall–Kier alpha value is -3.11. The van der Waals surface area contributed by atoms with Gasteiger partial charge in [0.2, 0.25) is 0 Å². The molecule has 1 unspecified atom stereocenters. The minimum Gasteiger partial charge on any atom is -0.493 e. The second kappa shape index (κ2) is 6.75. The fourth-order valence-corrected chi connectivity index (χ4v) is 4.91. The van der Waals surface area contributed by atoms with Crippen molar-refractivity contribution in [2.75, 3.05) is 13.2 Å². The number of para-hydroxylation sites is 1. The summed E-state index contributed by atoms with van der Waals surface area (Å²) in [7, 11) is 0. The van der Waals surface area contributed by atoms with E-state index in [0.29, 0.717) is 0 Å². The van der Waals surface area contributed by atoms with Crippen molar-refractivity contribution in [1.82, 2.24) is 14.9 Å². The largest absolute Gasteiger partial charge is 0.493 e. The van der Waals surface area contributed by atoms with Crippen LogP contribution in [0.2, 0.25) is 0 Å². The normalized spacial score (nSPS) is 18.4. The number of aromatic nitrogens is 2. The predicted octanol–water partition coefficient (Wildman–Crippen LogP) is 4.65. The van der Waals surface area contributed by atoms with Crippen LogP contribution < -0.4 is 4.74 Å². The maximum atomic E-state index is 5.69. The lowest BCUT2D eigenvalue weighted by Crippen LogP contribution is -2.36. The molecule has 0 spiro atoms. The summed E-state index contributed by atoms with van der Waals surface area (Å²) in [4.78, 5) is 11.0. The molecule has 0 aliphatic carbocycles. The van der Waals surface area contributed by atoms with Crippen molar-refractivity contribution >= 4 is 10.9 Å². The maximum Gasteiger partial charge on any atom is 0.122 e. The molecule has 1 atom stereocenters. The van der Waals surface area contributed by atoms with Gasteiger partial charge in [-0.2, -0.15) is 0 Å². The predicted molar refractivity (Wildman–Crippen MR) is 114 cm³/mol. The highest BCUT2D eigenvalue weighted by atomic mass is 16.5. The first-order chi connectivity index (χ1) is 14.4. The zero-order chi connectivity index (χ0) is 19.2. The Morgan fingerprint density at radius 1 is 1.03 bits per heavy atom. The lowest BCUT2D eigenvalue weighted by atomic mass is 9.94. The average Bonchev–Trinajstić information content (AvgIpc) is 3.38. The standard InChI is InChI=1S/C25H23N3O/c1-2-6-21-19(5-1)20-10-13-28(16-17-8-9-23-18(15-17)11-14-29-23)25(24(20)27-21)22-7-3-4-12-26-22/h1-9,12,15,25,27H,10-11,13-14,16H2. The van der Waals surface area contributed by atoms with E-state index in [0.717, 1.165) is 44.0 Å². The van der Waals surface area contributed by atoms with Gasteiger partial charge in [0.15, 0.2) is 0 Å². The molecule has 2 aromatic carbocycles. The number of ether oxygens (including phenoxy) is 1. The van der Waals surface area contributed by atoms with Crippen molar-refractivity contribution in [3.8, 4) is 5.75 Å². The van der Waals surface area contributed by atoms with Crippen LogP contribution in [0.4, 0.5) is 0 Å². The van der Waals surface area contributed by atoms with Crippen LogP contribution in [0.3, 0.4) is 0 Å². The molecular weight excluding hydrogens is 358 g/mol. The molecule has 1 N–H and O–H groups in total. The van der Waals surface area contributed by atoms with Crippen LogP contribution in [0.1, 0.15) is 34.1 Å². The molecule has 2 aliphatic heterocycles. The van der Waals surface area contributed by atoms with E-state index < -0.39 is 0 Å². The van der Waals surface area contributed by atoms with Gasteiger partial charge in [0, 0.05) is 42.3 Å². The molecule has 29 heavy (non-hydrogen) atoms. The lowest BCUT2D eigenvalue weighted by Gasteiger charge is -2.35. The summed E-state index contributed by atoms with van der Waals surface area (Å²) < 4.78 is 5.69. The van der Waals surface area contributed by atoms with Gasteiger partial charge >= 0.3 is 0 Å². The van der Waals surface area contributed by atoms with E-state index in [1.807, 2.05) is 12.3 Å². The number of H-pyrrole nitrogens is 1. The van der Waals surface area contributed by atoms with E-state index in [2.05, 4.69) is 64.5 Å². The topological polar surface area (TPSA) is 41.2 Å². The zero-order valence-corrected chi connectivity index (χ0v) is 16.3. The molecule has 0 radical (unpaired) electrons. The van der Waals surface area contributed by atoms with Crippen molar-refractivity contribution < 1.29 is 4.74 Å². The van der Waals surface area contributed by atoms with Crippen LogP contribution >= 0.6 is 0 Å². The monoisotopic (exact) mass is 381 g/mol. The fraction of sp³-hybridized carbons (Fsp3) is 0.240. The number of aromatic amines is 1. The van der Waals surface area contributed by atoms with Gasteiger partial charge < -0.3 is 9.72 Å². The molecule has 2 aromatic heterocycles. The van der Waals surface area contributed by atoms with Crippen LogP contribution in [0.25, 0.3) is 10.9 Å². The summed E-state index contributed by atoms with van der Waals surface area (Å²) in [6.45, 7) is 2.73. The number of hydrogen-bond acceptors (Lipinski definition) is 3.